The number of Topliss-reactive ketones (excluding diaryl/α,β-unsaturated/α-hetero) is 2. The van der Waals surface area contributed by atoms with Gasteiger partial charge in [0.1, 0.15) is 23.1 Å². The third kappa shape index (κ3) is 12.1. The van der Waals surface area contributed by atoms with Gasteiger partial charge in [-0.1, -0.05) is 32.5 Å². The van der Waals surface area contributed by atoms with Crippen LogP contribution in [-0.2, 0) is 9.31 Å². The summed E-state index contributed by atoms with van der Waals surface area (Å²) in [5, 5.41) is 21.0. The van der Waals surface area contributed by atoms with Gasteiger partial charge in [0.2, 0.25) is 0 Å². The highest BCUT2D eigenvalue weighted by Crippen LogP contribution is 2.40. The average molecular weight is 1110 g/mol. The van der Waals surface area contributed by atoms with Crippen LogP contribution in [0.25, 0.3) is 21.8 Å². The topological polar surface area (TPSA) is 195 Å². The highest BCUT2D eigenvalue weighted by Gasteiger charge is 2.38. The Labute approximate surface area is 471 Å². The molecule has 17 nitrogen and oxygen atoms in total. The predicted octanol–water partition coefficient (Wildman–Crippen LogP) is 6.06. The molecule has 4 fully saturated rings. The average Bonchev–Trinajstić information content (AvgIpc) is 4.62. The molecule has 4 aromatic carbocycles. The van der Waals surface area contributed by atoms with Crippen LogP contribution >= 0.6 is 0 Å². The van der Waals surface area contributed by atoms with Crippen LogP contribution in [0.15, 0.2) is 82.6 Å². The second-order valence-corrected chi connectivity index (χ2v) is 22.0. The number of halogens is 2. The number of carbonyl (C=O) groups excluding carboxylic acids is 2. The monoisotopic (exact) mass is 1110 g/mol. The summed E-state index contributed by atoms with van der Waals surface area (Å²) in [7, 11) is -1.93. The summed E-state index contributed by atoms with van der Waals surface area (Å²) in [6.07, 6.45) is 9.35. The Kier molecular flexibility index (Phi) is 17.5. The molecule has 0 unspecified atom stereocenters. The van der Waals surface area contributed by atoms with Gasteiger partial charge < -0.3 is 53.5 Å². The molecule has 21 heteroatoms. The molecule has 0 amide bonds. The summed E-state index contributed by atoms with van der Waals surface area (Å²) in [5.41, 5.74) is 10.9. The minimum atomic E-state index is -1.03. The molecule has 2 aliphatic carbocycles. The first kappa shape index (κ1) is 57.8. The molecule has 6 heterocycles. The van der Waals surface area contributed by atoms with Crippen LogP contribution in [0.2, 0.25) is 0 Å². The molecule has 428 valence electrons. The van der Waals surface area contributed by atoms with Gasteiger partial charge in [-0.15, -0.1) is 0 Å². The normalized spacial score (nSPS) is 19.1. The van der Waals surface area contributed by atoms with Crippen molar-refractivity contribution in [2.45, 2.75) is 97.4 Å². The smallest absolute Gasteiger partial charge is 0.494 e. The lowest BCUT2D eigenvalue weighted by Crippen LogP contribution is -2.47. The van der Waals surface area contributed by atoms with Gasteiger partial charge >= 0.3 is 14.2 Å². The van der Waals surface area contributed by atoms with E-state index in [1.54, 1.807) is 24.5 Å². The number of nitrogens with zero attached hydrogens (tertiary/aromatic N) is 6. The van der Waals surface area contributed by atoms with Gasteiger partial charge in [0, 0.05) is 113 Å². The summed E-state index contributed by atoms with van der Waals surface area (Å²) in [5.74, 6) is -0.102. The number of ether oxygens (including phenoxy) is 2. The molecule has 0 spiro atoms. The summed E-state index contributed by atoms with van der Waals surface area (Å²) in [6, 6.07) is 18.1. The Balaban J connectivity index is 0.000000180. The van der Waals surface area contributed by atoms with E-state index >= 15 is 8.78 Å². The lowest BCUT2D eigenvalue weighted by atomic mass is 9.78. The van der Waals surface area contributed by atoms with Crippen LogP contribution in [0.1, 0.15) is 129 Å². The van der Waals surface area contributed by atoms with Gasteiger partial charge in [-0.05, 0) is 118 Å². The molecule has 0 bridgehead atoms. The number of pyridine rings is 2. The molecule has 6 aromatic rings. The minimum absolute atomic E-state index is 0. The second-order valence-electron chi connectivity index (χ2n) is 22.0. The highest BCUT2D eigenvalue weighted by molar-refractivity contribution is 6.63. The van der Waals surface area contributed by atoms with Crippen molar-refractivity contribution in [1.29, 1.82) is 0 Å². The predicted molar refractivity (Wildman–Crippen MR) is 312 cm³/mol. The fourth-order valence-corrected chi connectivity index (χ4v) is 11.9. The zero-order valence-electron chi connectivity index (χ0n) is 45.7. The van der Waals surface area contributed by atoms with Crippen molar-refractivity contribution in [2.24, 2.45) is 5.73 Å². The number of fused-ring (bicyclic) bond motifs is 4. The molecule has 6 aliphatic rings. The molecule has 81 heavy (non-hydrogen) atoms. The minimum Gasteiger partial charge on any atom is -0.494 e. The summed E-state index contributed by atoms with van der Waals surface area (Å²) < 4.78 is 57.6. The largest absolute Gasteiger partial charge is 0.495 e. The van der Waals surface area contributed by atoms with Crippen molar-refractivity contribution in [3.63, 3.8) is 0 Å². The van der Waals surface area contributed by atoms with E-state index in [0.29, 0.717) is 79.6 Å². The number of ketones is 2. The first-order valence-corrected chi connectivity index (χ1v) is 28.3. The van der Waals surface area contributed by atoms with E-state index in [2.05, 4.69) is 9.80 Å². The van der Waals surface area contributed by atoms with Crippen molar-refractivity contribution in [2.75, 3.05) is 95.0 Å². The number of benzene rings is 4. The Morgan fingerprint density at radius 2 is 1.17 bits per heavy atom. The van der Waals surface area contributed by atoms with Crippen molar-refractivity contribution >= 4 is 69.9 Å². The molecule has 2 atom stereocenters. The Morgan fingerprint density at radius 3 is 1.65 bits per heavy atom. The lowest BCUT2D eigenvalue weighted by molar-refractivity contribution is 0.100. The highest BCUT2D eigenvalue weighted by atomic mass is 19.1. The third-order valence-corrected chi connectivity index (χ3v) is 16.6. The summed E-state index contributed by atoms with van der Waals surface area (Å²) >= 11 is 0. The van der Waals surface area contributed by atoms with Gasteiger partial charge in [-0.25, -0.2) is 8.78 Å². The van der Waals surface area contributed by atoms with Crippen LogP contribution in [0.4, 0.5) is 20.2 Å². The first-order chi connectivity index (χ1) is 38.7. The fourth-order valence-electron chi connectivity index (χ4n) is 11.9. The van der Waals surface area contributed by atoms with Gasteiger partial charge in [0.15, 0.2) is 22.4 Å². The number of hydrogen-bond donors (Lipinski definition) is 3. The Hall–Kier alpha value is -6.45. The quantitative estimate of drug-likeness (QED) is 0.0511. The summed E-state index contributed by atoms with van der Waals surface area (Å²) in [6.45, 7) is 13.7. The van der Waals surface area contributed by atoms with E-state index in [4.69, 9.17) is 24.5 Å². The van der Waals surface area contributed by atoms with Crippen molar-refractivity contribution < 1.29 is 47.2 Å². The van der Waals surface area contributed by atoms with Gasteiger partial charge in [-0.2, -0.15) is 0 Å². The maximum Gasteiger partial charge on any atom is 0.495 e. The van der Waals surface area contributed by atoms with Crippen LogP contribution in [0, 0.1) is 11.6 Å². The zero-order valence-corrected chi connectivity index (χ0v) is 45.7. The maximum atomic E-state index is 15.3. The van der Waals surface area contributed by atoms with E-state index < -0.39 is 36.7 Å². The van der Waals surface area contributed by atoms with Crippen molar-refractivity contribution in [1.82, 2.24) is 18.9 Å². The van der Waals surface area contributed by atoms with Crippen LogP contribution in [-0.4, -0.2) is 140 Å². The zero-order chi connectivity index (χ0) is 55.9. The molecule has 2 aromatic heterocycles. The standard InChI is InChI=1S/C30H35BFN3O5.C29H34BFN4O5.CH4/c1-3-29-22-8-7-21(15-25(22)31(38)40-29)39-14-4-9-33-10-12-34(13-11-33)28-17-27-23(16-26(28)32)30(37)24(19(2)36)18-35(27)20-5-6-20;1-18(36)22-17-35(19-6-7-19)24-15-25(23(31)14-21(24)29(22)37)34-11-9-33(10-12-34)8-3-13-39-26-5-2-4-20-27(16-32)40-30(38)28(20)26;/h7-8,15-18,20,29,38H,3-6,9-14H2,1-2H3;2,4-5,14-15,17,19,27,38H,3,6-13,16,32H2,1H3;1H4/t29-;27-;/m11./s1. The molecule has 4 N–H and O–H groups in total. The van der Waals surface area contributed by atoms with Crippen molar-refractivity contribution in [3.05, 3.63) is 127 Å². The maximum absolute atomic E-state index is 15.3. The fraction of sp³-hybridized carbons (Fsp3) is 0.467. The molecular weight excluding hydrogens is 1040 g/mol. The van der Waals surface area contributed by atoms with Gasteiger partial charge in [0.25, 0.3) is 0 Å². The number of piperazine rings is 2. The van der Waals surface area contributed by atoms with Crippen LogP contribution in [0.3, 0.4) is 0 Å². The van der Waals surface area contributed by atoms with E-state index in [0.717, 1.165) is 107 Å². The molecule has 4 aliphatic heterocycles. The molecule has 2 saturated heterocycles. The number of anilines is 2. The number of nitrogens with two attached hydrogens (primary N) is 1. The van der Waals surface area contributed by atoms with E-state index in [9.17, 15) is 29.2 Å². The van der Waals surface area contributed by atoms with Crippen LogP contribution in [0.5, 0.6) is 11.5 Å². The number of hydrogen-bond acceptors (Lipinski definition) is 15. The molecular formula is C60H73B2F2N7O10. The second kappa shape index (κ2) is 24.6. The third-order valence-electron chi connectivity index (χ3n) is 16.6. The van der Waals surface area contributed by atoms with Gasteiger partial charge in [-0.3, -0.25) is 29.0 Å². The van der Waals surface area contributed by atoms with Crippen molar-refractivity contribution in [3.8, 4) is 11.5 Å². The Bertz CT molecular complexity index is 3450. The van der Waals surface area contributed by atoms with E-state index in [-0.39, 0.29) is 65.2 Å². The summed E-state index contributed by atoms with van der Waals surface area (Å²) in [4.78, 5) is 58.6. The lowest BCUT2D eigenvalue weighted by Gasteiger charge is -2.36. The first-order valence-electron chi connectivity index (χ1n) is 28.3. The van der Waals surface area contributed by atoms with E-state index in [1.807, 2.05) is 62.3 Å². The molecule has 12 rings (SSSR count). The SMILES string of the molecule is C.CC(=O)c1cn(C2CC2)c2cc(N3CCN(CCCOc4cccc5c4B(O)O[C@@H]5CN)CC3)c(F)cc2c1=O.CC[C@H]1OB(O)c2cc(OCCCN3CCN(c4cc5c(cc4F)c(=O)c(C(C)=O)cn5C4CC4)CC3)ccc21. The molecule has 0 radical (unpaired) electrons. The molecule has 2 saturated carbocycles. The number of aromatic nitrogens is 2. The van der Waals surface area contributed by atoms with E-state index in [1.165, 1.54) is 26.0 Å². The van der Waals surface area contributed by atoms with Crippen LogP contribution < -0.4 is 46.8 Å². The van der Waals surface area contributed by atoms with Gasteiger partial charge in [0.05, 0.1) is 59.0 Å². The Morgan fingerprint density at radius 1 is 0.667 bits per heavy atom. The number of rotatable bonds is 18. The number of carbonyl (C=O) groups is 2.